The number of aryl methyl sites for hydroxylation is 1. The van der Waals surface area contributed by atoms with E-state index in [9.17, 15) is 18.0 Å². The maximum atomic E-state index is 13.6. The number of fused-ring (bicyclic) bond motifs is 1. The molecule has 1 saturated heterocycles. The average molecular weight is 575 g/mol. The second-order valence-electron chi connectivity index (χ2n) is 9.92. The van der Waals surface area contributed by atoms with Crippen LogP contribution in [0.4, 0.5) is 0 Å². The van der Waals surface area contributed by atoms with Gasteiger partial charge in [0, 0.05) is 40.3 Å². The number of piperazine rings is 1. The average Bonchev–Trinajstić information content (AvgIpc) is 3.30. The molecule has 3 aromatic rings. The molecule has 1 N–H and O–H groups in total. The lowest BCUT2D eigenvalue weighted by molar-refractivity contribution is -0.129. The molecule has 40 heavy (non-hydrogen) atoms. The second-order valence-corrected chi connectivity index (χ2v) is 11.9. The number of aromatic amines is 1. The molecule has 1 aliphatic heterocycles. The van der Waals surface area contributed by atoms with Crippen molar-refractivity contribution in [2.45, 2.75) is 51.5 Å². The zero-order chi connectivity index (χ0) is 29.0. The first-order valence-corrected chi connectivity index (χ1v) is 15.1. The molecule has 0 saturated carbocycles. The largest absolute Gasteiger partial charge is 0.477 e. The molecule has 0 spiro atoms. The fourth-order valence-electron chi connectivity index (χ4n) is 4.55. The first-order chi connectivity index (χ1) is 19.1. The zero-order valence-corrected chi connectivity index (χ0v) is 24.6. The minimum atomic E-state index is -3.84. The van der Waals surface area contributed by atoms with Gasteiger partial charge in [-0.15, -0.1) is 0 Å². The fourth-order valence-corrected chi connectivity index (χ4v) is 5.94. The van der Waals surface area contributed by atoms with Crippen molar-refractivity contribution >= 4 is 27.0 Å². The first-order valence-electron chi connectivity index (χ1n) is 13.7. The number of carbonyl (C=O) groups is 1. The molecular weight excluding hydrogens is 536 g/mol. The van der Waals surface area contributed by atoms with Gasteiger partial charge in [0.1, 0.15) is 22.8 Å². The number of nitrogens with zero attached hydrogens (tertiary/aromatic N) is 7. The summed E-state index contributed by atoms with van der Waals surface area (Å²) in [6.07, 6.45) is 3.45. The zero-order valence-electron chi connectivity index (χ0n) is 23.8. The molecule has 13 nitrogen and oxygen atoms in total. The third-order valence-corrected chi connectivity index (χ3v) is 8.92. The molecule has 0 aromatic carbocycles. The highest BCUT2D eigenvalue weighted by molar-refractivity contribution is 7.89. The maximum Gasteiger partial charge on any atom is 0.279 e. The van der Waals surface area contributed by atoms with Crippen LogP contribution in [-0.2, 0) is 27.8 Å². The van der Waals surface area contributed by atoms with E-state index >= 15 is 0 Å². The summed E-state index contributed by atoms with van der Waals surface area (Å²) in [7, 11) is -0.537. The number of pyridine rings is 1. The highest BCUT2D eigenvalue weighted by atomic mass is 32.2. The number of aromatic nitrogens is 5. The molecule has 1 fully saturated rings. The van der Waals surface area contributed by atoms with Crippen molar-refractivity contribution in [3.63, 3.8) is 0 Å². The van der Waals surface area contributed by atoms with Crippen molar-refractivity contribution in [3.8, 4) is 17.3 Å². The number of likely N-dealkylation sites (N-methyl/N-ethyl adjacent to an activating group) is 2. The van der Waals surface area contributed by atoms with E-state index < -0.39 is 15.6 Å². The van der Waals surface area contributed by atoms with E-state index in [2.05, 4.69) is 26.9 Å². The number of hydrogen-bond donors (Lipinski definition) is 1. The Balaban J connectivity index is 1.81. The molecule has 0 aliphatic carbocycles. The standard InChI is InChI=1S/C26H38N8O5S/c1-6-9-14-39-26-19(15-18(16-27-26)40(37,38)33-12-10-32(8-3)11-13-33)24-28-22-20(7-2)34(17-21(35)31(4)5)30-23(22)25(36)29-24/h15-16H,6-14,17H2,1-5H3,(H,28,29,36). The van der Waals surface area contributed by atoms with Gasteiger partial charge in [0.25, 0.3) is 5.56 Å². The first kappa shape index (κ1) is 29.6. The number of nitrogens with one attached hydrogen (secondary N) is 1. The van der Waals surface area contributed by atoms with Crippen molar-refractivity contribution in [1.82, 2.24) is 38.8 Å². The van der Waals surface area contributed by atoms with Gasteiger partial charge < -0.3 is 19.5 Å². The lowest BCUT2D eigenvalue weighted by Gasteiger charge is -2.33. The molecule has 0 atom stereocenters. The Morgan fingerprint density at radius 3 is 2.48 bits per heavy atom. The lowest BCUT2D eigenvalue weighted by atomic mass is 10.2. The molecule has 1 amide bonds. The van der Waals surface area contributed by atoms with E-state index in [-0.39, 0.29) is 40.1 Å². The molecule has 14 heteroatoms. The third-order valence-electron chi connectivity index (χ3n) is 7.05. The minimum absolute atomic E-state index is 0.000950. The molecular formula is C26H38N8O5S. The van der Waals surface area contributed by atoms with Crippen LogP contribution >= 0.6 is 0 Å². The highest BCUT2D eigenvalue weighted by Gasteiger charge is 2.30. The number of sulfonamides is 1. The molecule has 3 aromatic heterocycles. The van der Waals surface area contributed by atoms with Crippen molar-refractivity contribution in [2.24, 2.45) is 0 Å². The van der Waals surface area contributed by atoms with Crippen molar-refractivity contribution < 1.29 is 17.9 Å². The SMILES string of the molecule is CCCCOc1ncc(S(=O)(=O)N2CCN(CC)CC2)cc1-c1nc2c(CC)n(CC(=O)N(C)C)nc2c(=O)[nH]1. The normalized spacial score (nSPS) is 15.0. The monoisotopic (exact) mass is 574 g/mol. The number of rotatable bonds is 11. The molecule has 4 heterocycles. The molecule has 0 unspecified atom stereocenters. The summed E-state index contributed by atoms with van der Waals surface area (Å²) in [4.78, 5) is 41.0. The van der Waals surface area contributed by atoms with Crippen molar-refractivity contribution in [3.05, 3.63) is 28.3 Å². The molecule has 218 valence electrons. The summed E-state index contributed by atoms with van der Waals surface area (Å²) in [5.41, 5.74) is 0.829. The molecule has 1 aliphatic rings. The summed E-state index contributed by atoms with van der Waals surface area (Å²) in [6.45, 7) is 9.25. The van der Waals surface area contributed by atoms with Crippen molar-refractivity contribution in [2.75, 3.05) is 53.4 Å². The van der Waals surface area contributed by atoms with Gasteiger partial charge in [-0.2, -0.15) is 9.40 Å². The number of ether oxygens (including phenoxy) is 1. The number of unbranched alkanes of at least 4 members (excludes halogenated alkanes) is 1. The summed E-state index contributed by atoms with van der Waals surface area (Å²) >= 11 is 0. The van der Waals surface area contributed by atoms with Crippen LogP contribution in [0.15, 0.2) is 22.0 Å². The Morgan fingerprint density at radius 1 is 1.12 bits per heavy atom. The fraction of sp³-hybridized carbons (Fsp3) is 0.577. The predicted octanol–water partition coefficient (Wildman–Crippen LogP) is 1.34. The van der Waals surface area contributed by atoms with E-state index in [1.54, 1.807) is 14.1 Å². The molecule has 0 bridgehead atoms. The predicted molar refractivity (Wildman–Crippen MR) is 151 cm³/mol. The Kier molecular flexibility index (Phi) is 9.21. The van der Waals surface area contributed by atoms with Gasteiger partial charge in [-0.05, 0) is 25.5 Å². The van der Waals surface area contributed by atoms with Crippen LogP contribution in [-0.4, -0.2) is 107 Å². The number of amides is 1. The van der Waals surface area contributed by atoms with Crippen LogP contribution in [0.1, 0.15) is 39.3 Å². The van der Waals surface area contributed by atoms with E-state index in [4.69, 9.17) is 9.72 Å². The molecule has 4 rings (SSSR count). The van der Waals surface area contributed by atoms with Gasteiger partial charge in [0.05, 0.1) is 24.1 Å². The van der Waals surface area contributed by atoms with Crippen LogP contribution < -0.4 is 10.3 Å². The van der Waals surface area contributed by atoms with E-state index in [0.29, 0.717) is 50.4 Å². The van der Waals surface area contributed by atoms with E-state index in [0.717, 1.165) is 19.4 Å². The molecule has 0 radical (unpaired) electrons. The summed E-state index contributed by atoms with van der Waals surface area (Å²) in [5.74, 6) is 0.129. The Bertz CT molecular complexity index is 1520. The number of H-pyrrole nitrogens is 1. The van der Waals surface area contributed by atoms with Gasteiger partial charge >= 0.3 is 0 Å². The summed E-state index contributed by atoms with van der Waals surface area (Å²) in [5, 5.41) is 4.36. The minimum Gasteiger partial charge on any atom is -0.477 e. The van der Waals surface area contributed by atoms with Crippen LogP contribution in [0.3, 0.4) is 0 Å². The second kappa shape index (κ2) is 12.4. The summed E-state index contributed by atoms with van der Waals surface area (Å²) < 4.78 is 36.0. The van der Waals surface area contributed by atoms with Crippen LogP contribution in [0.2, 0.25) is 0 Å². The maximum absolute atomic E-state index is 13.6. The van der Waals surface area contributed by atoms with Crippen LogP contribution in [0.5, 0.6) is 5.88 Å². The third kappa shape index (κ3) is 6.03. The van der Waals surface area contributed by atoms with Crippen molar-refractivity contribution in [1.29, 1.82) is 0 Å². The van der Waals surface area contributed by atoms with E-state index in [1.807, 2.05) is 13.8 Å². The smallest absolute Gasteiger partial charge is 0.279 e. The Morgan fingerprint density at radius 2 is 1.85 bits per heavy atom. The summed E-state index contributed by atoms with van der Waals surface area (Å²) in [6, 6.07) is 1.46. The quantitative estimate of drug-likeness (QED) is 0.335. The van der Waals surface area contributed by atoms with Gasteiger partial charge in [-0.25, -0.2) is 18.4 Å². The van der Waals surface area contributed by atoms with Gasteiger partial charge in [-0.1, -0.05) is 27.2 Å². The van der Waals surface area contributed by atoms with Gasteiger partial charge in [-0.3, -0.25) is 14.3 Å². The lowest BCUT2D eigenvalue weighted by Crippen LogP contribution is -2.48. The van der Waals surface area contributed by atoms with E-state index in [1.165, 1.54) is 26.2 Å². The highest BCUT2D eigenvalue weighted by Crippen LogP contribution is 2.30. The Hall–Kier alpha value is -3.36. The Labute approximate surface area is 234 Å². The van der Waals surface area contributed by atoms with Gasteiger partial charge in [0.15, 0.2) is 5.52 Å². The number of carbonyl (C=O) groups excluding carboxylic acids is 1. The van der Waals surface area contributed by atoms with Crippen LogP contribution in [0, 0.1) is 0 Å². The van der Waals surface area contributed by atoms with Gasteiger partial charge in [0.2, 0.25) is 21.8 Å². The number of hydrogen-bond acceptors (Lipinski definition) is 9. The topological polar surface area (TPSA) is 147 Å². The van der Waals surface area contributed by atoms with Crippen LogP contribution in [0.25, 0.3) is 22.4 Å².